The molecule has 2 fully saturated rings. The van der Waals surface area contributed by atoms with Crippen molar-refractivity contribution in [2.45, 2.75) is 25.1 Å². The van der Waals surface area contributed by atoms with E-state index in [0.717, 1.165) is 43.9 Å². The third-order valence-electron chi connectivity index (χ3n) is 5.81. The highest BCUT2D eigenvalue weighted by atomic mass is 19.4. The summed E-state index contributed by atoms with van der Waals surface area (Å²) in [6, 6.07) is 8.92. The van der Waals surface area contributed by atoms with Gasteiger partial charge in [-0.25, -0.2) is 4.98 Å². The quantitative estimate of drug-likeness (QED) is 0.635. The molecule has 2 aromatic rings. The zero-order valence-electron chi connectivity index (χ0n) is 16.9. The van der Waals surface area contributed by atoms with Crippen molar-refractivity contribution in [3.8, 4) is 17.6 Å². The molecule has 1 saturated heterocycles. The molecule has 2 bridgehead atoms. The van der Waals surface area contributed by atoms with Gasteiger partial charge in [-0.3, -0.25) is 0 Å². The van der Waals surface area contributed by atoms with Gasteiger partial charge >= 0.3 is 6.18 Å². The lowest BCUT2D eigenvalue weighted by molar-refractivity contribution is -0.137. The molecule has 1 aromatic carbocycles. The minimum absolute atomic E-state index is 0.0206. The highest BCUT2D eigenvalue weighted by molar-refractivity contribution is 5.45. The molecule has 2 heterocycles. The summed E-state index contributed by atoms with van der Waals surface area (Å²) in [5.41, 5.74) is -0.286. The molecule has 1 aromatic heterocycles. The largest absolute Gasteiger partial charge is 0.486 e. The summed E-state index contributed by atoms with van der Waals surface area (Å²) in [7, 11) is 1.40. The summed E-state index contributed by atoms with van der Waals surface area (Å²) >= 11 is 0. The molecule has 0 unspecified atom stereocenters. The van der Waals surface area contributed by atoms with E-state index in [1.165, 1.54) is 13.2 Å². The molecule has 164 valence electrons. The zero-order valence-corrected chi connectivity index (χ0v) is 16.9. The number of nitriles is 1. The number of hydrogen-bond acceptors (Lipinski definition) is 6. The Morgan fingerprint density at radius 2 is 1.87 bits per heavy atom. The monoisotopic (exact) mass is 433 g/mol. The number of rotatable bonds is 6. The zero-order chi connectivity index (χ0) is 22.0. The van der Waals surface area contributed by atoms with Crippen molar-refractivity contribution >= 4 is 5.82 Å². The number of aromatic nitrogens is 1. The molecular formula is C22H22F3N3O3. The fourth-order valence-corrected chi connectivity index (χ4v) is 4.35. The summed E-state index contributed by atoms with van der Waals surface area (Å²) in [6.45, 7) is 1.29. The van der Waals surface area contributed by atoms with E-state index >= 15 is 0 Å². The Morgan fingerprint density at radius 1 is 1.13 bits per heavy atom. The van der Waals surface area contributed by atoms with Crippen molar-refractivity contribution < 1.29 is 27.4 Å². The number of methoxy groups -OCH3 is 1. The van der Waals surface area contributed by atoms with Gasteiger partial charge in [0.1, 0.15) is 18.0 Å². The molecule has 4 rings (SSSR count). The first kappa shape index (κ1) is 21.2. The predicted octanol–water partition coefficient (Wildman–Crippen LogP) is 4.25. The SMILES string of the molecule is COCOc1cc(C(F)(F)F)ccc1O[C@@H]1[C@@H]2CC[C@H]1CN(c1ccc(C#N)cn1)C2. The van der Waals surface area contributed by atoms with Crippen molar-refractivity contribution in [2.24, 2.45) is 11.8 Å². The second kappa shape index (κ2) is 8.63. The van der Waals surface area contributed by atoms with Gasteiger partial charge in [0.05, 0.1) is 11.1 Å². The molecular weight excluding hydrogens is 411 g/mol. The first-order valence-electron chi connectivity index (χ1n) is 10.00. The second-order valence-corrected chi connectivity index (χ2v) is 7.81. The van der Waals surface area contributed by atoms with Gasteiger partial charge in [-0.1, -0.05) is 0 Å². The lowest BCUT2D eigenvalue weighted by Crippen LogP contribution is -2.47. The summed E-state index contributed by atoms with van der Waals surface area (Å²) in [5, 5.41) is 8.95. The standard InChI is InChI=1S/C22H22F3N3O3/c1-29-13-30-19-8-17(22(23,24)25)5-6-18(19)31-21-15-3-4-16(21)12-28(11-15)20-7-2-14(9-26)10-27-20/h2,5-8,10,15-16,21H,3-4,11-13H2,1H3/t15-,16+,21-. The van der Waals surface area contributed by atoms with Gasteiger partial charge < -0.3 is 19.1 Å². The summed E-state index contributed by atoms with van der Waals surface area (Å²) < 4.78 is 55.8. The third kappa shape index (κ3) is 4.54. The first-order chi connectivity index (χ1) is 14.9. The normalized spacial score (nSPS) is 22.8. The van der Waals surface area contributed by atoms with E-state index in [-0.39, 0.29) is 36.2 Å². The van der Waals surface area contributed by atoms with Crippen molar-refractivity contribution in [3.05, 3.63) is 47.7 Å². The molecule has 1 aliphatic carbocycles. The molecule has 0 amide bonds. The van der Waals surface area contributed by atoms with Gasteiger partial charge in [-0.15, -0.1) is 0 Å². The molecule has 2 aliphatic rings. The molecule has 31 heavy (non-hydrogen) atoms. The van der Waals surface area contributed by atoms with E-state index in [4.69, 9.17) is 19.5 Å². The topological polar surface area (TPSA) is 67.6 Å². The molecule has 0 N–H and O–H groups in total. The Hall–Kier alpha value is -2.99. The maximum atomic E-state index is 13.1. The summed E-state index contributed by atoms with van der Waals surface area (Å²) in [4.78, 5) is 6.56. The van der Waals surface area contributed by atoms with Crippen LogP contribution in [0.5, 0.6) is 11.5 Å². The van der Waals surface area contributed by atoms with E-state index < -0.39 is 11.7 Å². The van der Waals surface area contributed by atoms with Gasteiger partial charge in [-0.2, -0.15) is 18.4 Å². The van der Waals surface area contributed by atoms with Crippen LogP contribution in [-0.4, -0.2) is 38.1 Å². The number of hydrogen-bond donors (Lipinski definition) is 0. The number of ether oxygens (including phenoxy) is 3. The van der Waals surface area contributed by atoms with Crippen molar-refractivity contribution in [3.63, 3.8) is 0 Å². The predicted molar refractivity (Wildman–Crippen MR) is 106 cm³/mol. The summed E-state index contributed by atoms with van der Waals surface area (Å²) in [5.74, 6) is 1.56. The minimum Gasteiger partial charge on any atom is -0.486 e. The van der Waals surface area contributed by atoms with Crippen LogP contribution < -0.4 is 14.4 Å². The van der Waals surface area contributed by atoms with Gasteiger partial charge in [0.25, 0.3) is 0 Å². The van der Waals surface area contributed by atoms with Gasteiger partial charge in [-0.05, 0) is 43.2 Å². The Morgan fingerprint density at radius 3 is 2.45 bits per heavy atom. The number of alkyl halides is 3. The third-order valence-corrected chi connectivity index (χ3v) is 5.81. The second-order valence-electron chi connectivity index (χ2n) is 7.81. The molecule has 0 radical (unpaired) electrons. The van der Waals surface area contributed by atoms with E-state index in [9.17, 15) is 13.2 Å². The molecule has 3 atom stereocenters. The Kier molecular flexibility index (Phi) is 5.92. The molecule has 1 aliphatic heterocycles. The lowest BCUT2D eigenvalue weighted by Gasteiger charge is -2.38. The smallest absolute Gasteiger partial charge is 0.416 e. The van der Waals surface area contributed by atoms with Crippen LogP contribution in [0.15, 0.2) is 36.5 Å². The van der Waals surface area contributed by atoms with Gasteiger partial charge in [0, 0.05) is 38.2 Å². The number of anilines is 1. The maximum absolute atomic E-state index is 13.1. The van der Waals surface area contributed by atoms with Gasteiger partial charge in [0.2, 0.25) is 0 Å². The molecule has 6 nitrogen and oxygen atoms in total. The number of fused-ring (bicyclic) bond motifs is 2. The Labute approximate surface area is 178 Å². The molecule has 1 saturated carbocycles. The van der Waals surface area contributed by atoms with Crippen LogP contribution in [0, 0.1) is 23.2 Å². The fourth-order valence-electron chi connectivity index (χ4n) is 4.35. The minimum atomic E-state index is -4.47. The number of pyridine rings is 1. The van der Waals surface area contributed by atoms with Crippen molar-refractivity contribution in [1.82, 2.24) is 4.98 Å². The number of benzene rings is 1. The maximum Gasteiger partial charge on any atom is 0.416 e. The van der Waals surface area contributed by atoms with E-state index in [1.54, 1.807) is 12.3 Å². The van der Waals surface area contributed by atoms with Crippen LogP contribution in [0.25, 0.3) is 0 Å². The summed E-state index contributed by atoms with van der Waals surface area (Å²) in [6.07, 6.45) is -1.09. The van der Waals surface area contributed by atoms with E-state index in [0.29, 0.717) is 5.56 Å². The van der Waals surface area contributed by atoms with E-state index in [1.807, 2.05) is 6.07 Å². The molecule has 0 spiro atoms. The number of piperidine rings is 1. The Bertz CT molecular complexity index is 945. The molecule has 9 heteroatoms. The average molecular weight is 433 g/mol. The number of nitrogens with zero attached hydrogens (tertiary/aromatic N) is 3. The van der Waals surface area contributed by atoms with Crippen molar-refractivity contribution in [2.75, 3.05) is 31.9 Å². The highest BCUT2D eigenvalue weighted by Crippen LogP contribution is 2.43. The van der Waals surface area contributed by atoms with E-state index in [2.05, 4.69) is 16.0 Å². The fraction of sp³-hybridized carbons (Fsp3) is 0.455. The highest BCUT2D eigenvalue weighted by Gasteiger charge is 2.44. The van der Waals surface area contributed by atoms with Gasteiger partial charge in [0.15, 0.2) is 18.3 Å². The number of halogens is 3. The Balaban J connectivity index is 1.51. The van der Waals surface area contributed by atoms with Crippen LogP contribution in [0.1, 0.15) is 24.0 Å². The average Bonchev–Trinajstić information content (AvgIpc) is 2.99. The van der Waals surface area contributed by atoms with Crippen LogP contribution >= 0.6 is 0 Å². The van der Waals surface area contributed by atoms with Crippen LogP contribution in [0.2, 0.25) is 0 Å². The van der Waals surface area contributed by atoms with Crippen molar-refractivity contribution in [1.29, 1.82) is 5.26 Å². The lowest BCUT2D eigenvalue weighted by atomic mass is 9.94. The van der Waals surface area contributed by atoms with Crippen LogP contribution in [0.4, 0.5) is 19.0 Å². The van der Waals surface area contributed by atoms with Crippen LogP contribution in [-0.2, 0) is 10.9 Å². The first-order valence-corrected chi connectivity index (χ1v) is 10.00. The van der Waals surface area contributed by atoms with Crippen LogP contribution in [0.3, 0.4) is 0 Å².